The highest BCUT2D eigenvalue weighted by Crippen LogP contribution is 2.49. The summed E-state index contributed by atoms with van der Waals surface area (Å²) < 4.78 is 0. The predicted molar refractivity (Wildman–Crippen MR) is 91.6 cm³/mol. The Kier molecular flexibility index (Phi) is 3.89. The molecule has 0 aliphatic carbocycles. The molecular weight excluding hydrogens is 300 g/mol. The summed E-state index contributed by atoms with van der Waals surface area (Å²) in [6.07, 6.45) is 0. The molecule has 0 saturated carbocycles. The molecule has 0 fully saturated rings. The minimum absolute atomic E-state index is 0.0209. The third-order valence-corrected chi connectivity index (χ3v) is 4.92. The Morgan fingerprint density at radius 2 is 1.95 bits per heavy atom. The second-order valence-electron chi connectivity index (χ2n) is 5.02. The van der Waals surface area contributed by atoms with Crippen LogP contribution in [0, 0.1) is 0 Å². The van der Waals surface area contributed by atoms with Crippen molar-refractivity contribution in [1.29, 1.82) is 0 Å². The van der Waals surface area contributed by atoms with Gasteiger partial charge < -0.3 is 15.7 Å². The van der Waals surface area contributed by atoms with Crippen molar-refractivity contribution in [3.8, 4) is 0 Å². The lowest BCUT2D eigenvalue weighted by atomic mass is 10.1. The summed E-state index contributed by atoms with van der Waals surface area (Å²) in [5, 5.41) is 9.62. The predicted octanol–water partition coefficient (Wildman–Crippen LogP) is 3.30. The van der Waals surface area contributed by atoms with Crippen molar-refractivity contribution in [1.82, 2.24) is 0 Å². The van der Waals surface area contributed by atoms with E-state index in [4.69, 9.17) is 18.0 Å². The molecule has 1 aliphatic heterocycles. The van der Waals surface area contributed by atoms with Crippen LogP contribution in [-0.4, -0.2) is 22.7 Å². The van der Waals surface area contributed by atoms with Crippen LogP contribution >= 0.6 is 24.0 Å². The number of thiocarbonyl (C=S) groups is 1. The molecule has 3 N–H and O–H groups in total. The van der Waals surface area contributed by atoms with E-state index in [0.717, 1.165) is 21.8 Å². The number of rotatable bonds is 3. The molecule has 1 unspecified atom stereocenters. The van der Waals surface area contributed by atoms with Gasteiger partial charge in [0.2, 0.25) is 0 Å². The zero-order chi connectivity index (χ0) is 15.0. The average molecular weight is 316 g/mol. The third-order valence-electron chi connectivity index (χ3n) is 3.55. The van der Waals surface area contributed by atoms with E-state index in [-0.39, 0.29) is 12.6 Å². The minimum Gasteiger partial charge on any atom is -0.394 e. The molecule has 3 nitrogen and oxygen atoms in total. The molecule has 21 heavy (non-hydrogen) atoms. The average Bonchev–Trinajstić information content (AvgIpc) is 2.51. The van der Waals surface area contributed by atoms with Crippen molar-refractivity contribution in [2.75, 3.05) is 11.5 Å². The molecule has 1 aliphatic rings. The van der Waals surface area contributed by atoms with Crippen LogP contribution < -0.4 is 10.6 Å². The van der Waals surface area contributed by atoms with Crippen LogP contribution in [0.5, 0.6) is 0 Å². The number of para-hydroxylation sites is 1. The Morgan fingerprint density at radius 3 is 2.67 bits per heavy atom. The van der Waals surface area contributed by atoms with Crippen LogP contribution in [0.2, 0.25) is 0 Å². The van der Waals surface area contributed by atoms with Crippen molar-refractivity contribution in [2.45, 2.75) is 22.8 Å². The summed E-state index contributed by atoms with van der Waals surface area (Å²) >= 11 is 6.81. The number of nitrogens with zero attached hydrogens (tertiary/aromatic N) is 1. The number of hydrogen-bond donors (Lipinski definition) is 2. The van der Waals surface area contributed by atoms with Gasteiger partial charge in [0.25, 0.3) is 0 Å². The van der Waals surface area contributed by atoms with Crippen LogP contribution in [0.25, 0.3) is 0 Å². The largest absolute Gasteiger partial charge is 0.394 e. The topological polar surface area (TPSA) is 49.5 Å². The molecule has 2 aromatic carbocycles. The van der Waals surface area contributed by atoms with Crippen molar-refractivity contribution >= 4 is 40.3 Å². The van der Waals surface area contributed by atoms with Gasteiger partial charge in [-0.25, -0.2) is 0 Å². The molecule has 0 spiro atoms. The Balaban J connectivity index is 2.18. The van der Waals surface area contributed by atoms with Gasteiger partial charge in [0.1, 0.15) is 4.99 Å². The van der Waals surface area contributed by atoms with E-state index in [0.29, 0.717) is 4.99 Å². The van der Waals surface area contributed by atoms with Gasteiger partial charge in [-0.1, -0.05) is 42.2 Å². The molecule has 0 bridgehead atoms. The van der Waals surface area contributed by atoms with E-state index in [9.17, 15) is 5.11 Å². The molecule has 1 atom stereocenters. The second-order valence-corrected chi connectivity index (χ2v) is 6.54. The van der Waals surface area contributed by atoms with Gasteiger partial charge in [-0.2, -0.15) is 0 Å². The number of aliphatic hydroxyl groups excluding tert-OH is 1. The van der Waals surface area contributed by atoms with Gasteiger partial charge in [0.05, 0.1) is 24.0 Å². The van der Waals surface area contributed by atoms with Crippen molar-refractivity contribution in [3.63, 3.8) is 0 Å². The summed E-state index contributed by atoms with van der Waals surface area (Å²) in [4.78, 5) is 4.88. The van der Waals surface area contributed by atoms with Gasteiger partial charge in [0.15, 0.2) is 0 Å². The van der Waals surface area contributed by atoms with E-state index in [2.05, 4.69) is 17.0 Å². The highest BCUT2D eigenvalue weighted by Gasteiger charge is 2.26. The summed E-state index contributed by atoms with van der Waals surface area (Å²) in [5.41, 5.74) is 8.75. The first-order chi connectivity index (χ1) is 10.1. The summed E-state index contributed by atoms with van der Waals surface area (Å²) in [6.45, 7) is 2.08. The van der Waals surface area contributed by atoms with Crippen LogP contribution in [0.15, 0.2) is 52.3 Å². The fourth-order valence-electron chi connectivity index (χ4n) is 2.49. The summed E-state index contributed by atoms with van der Waals surface area (Å²) in [6, 6.07) is 14.2. The van der Waals surface area contributed by atoms with Gasteiger partial charge >= 0.3 is 0 Å². The molecule has 108 valence electrons. The lowest BCUT2D eigenvalue weighted by Crippen LogP contribution is -2.33. The molecule has 0 amide bonds. The van der Waals surface area contributed by atoms with E-state index in [1.807, 2.05) is 37.3 Å². The maximum Gasteiger partial charge on any atom is 0.104 e. The smallest absolute Gasteiger partial charge is 0.104 e. The van der Waals surface area contributed by atoms with Gasteiger partial charge in [-0.05, 0) is 31.2 Å². The lowest BCUT2D eigenvalue weighted by Gasteiger charge is -2.36. The van der Waals surface area contributed by atoms with E-state index >= 15 is 0 Å². The van der Waals surface area contributed by atoms with Crippen LogP contribution in [-0.2, 0) is 0 Å². The Bertz CT molecular complexity index is 702. The first-order valence-electron chi connectivity index (χ1n) is 6.72. The first-order valence-corrected chi connectivity index (χ1v) is 7.95. The normalized spacial score (nSPS) is 14.3. The van der Waals surface area contributed by atoms with E-state index in [1.165, 1.54) is 4.90 Å². The highest BCUT2D eigenvalue weighted by atomic mass is 32.2. The molecular formula is C16H16N2OS2. The number of fused-ring (bicyclic) bond motifs is 2. The Labute approximate surface area is 133 Å². The van der Waals surface area contributed by atoms with Crippen molar-refractivity contribution in [2.24, 2.45) is 5.73 Å². The number of nitrogens with two attached hydrogens (primary N) is 1. The molecule has 0 radical (unpaired) electrons. The van der Waals surface area contributed by atoms with Crippen molar-refractivity contribution < 1.29 is 5.11 Å². The third kappa shape index (κ3) is 2.52. The van der Waals surface area contributed by atoms with Crippen molar-refractivity contribution in [3.05, 3.63) is 48.0 Å². The molecule has 3 rings (SSSR count). The first kappa shape index (κ1) is 14.4. The van der Waals surface area contributed by atoms with Gasteiger partial charge in [0, 0.05) is 15.4 Å². The number of aliphatic hydroxyl groups is 1. The molecule has 1 heterocycles. The fourth-order valence-corrected chi connectivity index (χ4v) is 3.67. The van der Waals surface area contributed by atoms with E-state index < -0.39 is 0 Å². The molecule has 2 aromatic rings. The fraction of sp³-hybridized carbons (Fsp3) is 0.188. The number of benzene rings is 2. The highest BCUT2D eigenvalue weighted by molar-refractivity contribution is 7.99. The summed E-state index contributed by atoms with van der Waals surface area (Å²) in [5.74, 6) is 0. The molecule has 5 heteroatoms. The number of hydrogen-bond acceptors (Lipinski definition) is 4. The molecule has 0 aromatic heterocycles. The van der Waals surface area contributed by atoms with Crippen LogP contribution in [0.1, 0.15) is 12.5 Å². The van der Waals surface area contributed by atoms with Gasteiger partial charge in [-0.15, -0.1) is 0 Å². The quantitative estimate of drug-likeness (QED) is 0.851. The van der Waals surface area contributed by atoms with Crippen LogP contribution in [0.3, 0.4) is 0 Å². The molecule has 0 saturated heterocycles. The van der Waals surface area contributed by atoms with Gasteiger partial charge in [-0.3, -0.25) is 0 Å². The van der Waals surface area contributed by atoms with Crippen LogP contribution in [0.4, 0.5) is 11.4 Å². The minimum atomic E-state index is -0.0209. The second kappa shape index (κ2) is 5.67. The SMILES string of the molecule is CC(CO)N1c2ccccc2Sc2ccc(C(N)=S)cc21. The Morgan fingerprint density at radius 1 is 1.24 bits per heavy atom. The zero-order valence-corrected chi connectivity index (χ0v) is 13.2. The maximum atomic E-state index is 9.62. The van der Waals surface area contributed by atoms with E-state index in [1.54, 1.807) is 11.8 Å². The standard InChI is InChI=1S/C16H16N2OS2/c1-10(9-19)18-12-4-2-3-5-14(12)21-15-7-6-11(16(17)20)8-13(15)18/h2-8,10,19H,9H2,1H3,(H2,17,20). The lowest BCUT2D eigenvalue weighted by molar-refractivity contribution is 0.272. The summed E-state index contributed by atoms with van der Waals surface area (Å²) in [7, 11) is 0. The monoisotopic (exact) mass is 316 g/mol. The Hall–Kier alpha value is -1.56. The number of anilines is 2. The zero-order valence-electron chi connectivity index (χ0n) is 11.6. The maximum absolute atomic E-state index is 9.62.